The molecular formula is C13H13BrF3NO. The van der Waals surface area contributed by atoms with Crippen LogP contribution in [0.4, 0.5) is 13.2 Å². The van der Waals surface area contributed by atoms with Gasteiger partial charge in [0.05, 0.1) is 11.1 Å². The quantitative estimate of drug-likeness (QED) is 0.892. The van der Waals surface area contributed by atoms with Crippen LogP contribution in [-0.2, 0) is 6.18 Å². The maximum absolute atomic E-state index is 12.9. The van der Waals surface area contributed by atoms with E-state index in [1.54, 1.807) is 0 Å². The summed E-state index contributed by atoms with van der Waals surface area (Å²) in [6.07, 6.45) is -3.52. The van der Waals surface area contributed by atoms with Gasteiger partial charge in [-0.15, -0.1) is 0 Å². The molecule has 1 amide bonds. The highest BCUT2D eigenvalue weighted by atomic mass is 79.9. The molecule has 1 aliphatic carbocycles. The molecule has 0 aromatic heterocycles. The molecule has 2 rings (SSSR count). The Labute approximate surface area is 117 Å². The van der Waals surface area contributed by atoms with Gasteiger partial charge in [-0.3, -0.25) is 4.79 Å². The summed E-state index contributed by atoms with van der Waals surface area (Å²) in [5.74, 6) is 0.278. The highest BCUT2D eigenvalue weighted by Gasteiger charge is 2.36. The Hall–Kier alpha value is -1.04. The monoisotopic (exact) mass is 335 g/mol. The zero-order valence-electron chi connectivity index (χ0n) is 10.2. The van der Waals surface area contributed by atoms with Crippen LogP contribution in [0, 0.1) is 11.8 Å². The first kappa shape index (κ1) is 14.4. The molecule has 6 heteroatoms. The van der Waals surface area contributed by atoms with Gasteiger partial charge >= 0.3 is 6.18 Å². The lowest BCUT2D eigenvalue weighted by atomic mass is 10.1. The summed E-state index contributed by atoms with van der Waals surface area (Å²) < 4.78 is 38.9. The van der Waals surface area contributed by atoms with E-state index in [2.05, 4.69) is 28.2 Å². The number of hydrogen-bond donors (Lipinski definition) is 1. The van der Waals surface area contributed by atoms with Gasteiger partial charge in [0.15, 0.2) is 0 Å². The van der Waals surface area contributed by atoms with Crippen molar-refractivity contribution in [2.45, 2.75) is 19.5 Å². The smallest absolute Gasteiger partial charge is 0.352 e. The molecule has 104 valence electrons. The molecule has 0 bridgehead atoms. The van der Waals surface area contributed by atoms with Crippen molar-refractivity contribution in [3.05, 3.63) is 33.8 Å². The standard InChI is InChI=1S/C13H13BrF3NO/c1-7-4-8(7)6-18-12(19)10-3-2-9(14)5-11(10)13(15,16)17/h2-3,5,7-8H,4,6H2,1H3,(H,18,19). The van der Waals surface area contributed by atoms with E-state index < -0.39 is 17.6 Å². The van der Waals surface area contributed by atoms with Gasteiger partial charge in [0.2, 0.25) is 0 Å². The average molecular weight is 336 g/mol. The summed E-state index contributed by atoms with van der Waals surface area (Å²) >= 11 is 2.99. The maximum Gasteiger partial charge on any atom is 0.417 e. The van der Waals surface area contributed by atoms with Gasteiger partial charge in [0, 0.05) is 11.0 Å². The fourth-order valence-corrected chi connectivity index (χ4v) is 2.31. The lowest BCUT2D eigenvalue weighted by Crippen LogP contribution is -2.28. The molecule has 1 aliphatic rings. The van der Waals surface area contributed by atoms with Crippen LogP contribution in [0.1, 0.15) is 29.3 Å². The van der Waals surface area contributed by atoms with Crippen LogP contribution >= 0.6 is 15.9 Å². The minimum atomic E-state index is -4.54. The Morgan fingerprint density at radius 2 is 2.11 bits per heavy atom. The highest BCUT2D eigenvalue weighted by Crippen LogP contribution is 2.37. The molecular weight excluding hydrogens is 323 g/mol. The molecule has 1 aromatic rings. The normalized spacial score (nSPS) is 22.2. The van der Waals surface area contributed by atoms with Gasteiger partial charge in [0.25, 0.3) is 5.91 Å². The molecule has 19 heavy (non-hydrogen) atoms. The molecule has 0 spiro atoms. The SMILES string of the molecule is CC1CC1CNC(=O)c1ccc(Br)cc1C(F)(F)F. The number of halogens is 4. The Bertz CT molecular complexity index is 501. The Balaban J connectivity index is 2.16. The van der Waals surface area contributed by atoms with Crippen molar-refractivity contribution in [3.63, 3.8) is 0 Å². The van der Waals surface area contributed by atoms with E-state index in [-0.39, 0.29) is 5.56 Å². The Kier molecular flexibility index (Phi) is 3.90. The molecule has 1 fully saturated rings. The van der Waals surface area contributed by atoms with Gasteiger partial charge in [0.1, 0.15) is 0 Å². The molecule has 2 atom stereocenters. The third-order valence-electron chi connectivity index (χ3n) is 3.33. The van der Waals surface area contributed by atoms with Crippen molar-refractivity contribution in [1.29, 1.82) is 0 Å². The third kappa shape index (κ3) is 3.49. The number of benzene rings is 1. The molecule has 2 nitrogen and oxygen atoms in total. The molecule has 0 saturated heterocycles. The van der Waals surface area contributed by atoms with Crippen LogP contribution in [0.2, 0.25) is 0 Å². The molecule has 2 unspecified atom stereocenters. The van der Waals surface area contributed by atoms with E-state index in [9.17, 15) is 18.0 Å². The first-order valence-corrected chi connectivity index (χ1v) is 6.73. The van der Waals surface area contributed by atoms with Gasteiger partial charge in [-0.1, -0.05) is 22.9 Å². The summed E-state index contributed by atoms with van der Waals surface area (Å²) in [7, 11) is 0. The van der Waals surface area contributed by atoms with Crippen LogP contribution in [-0.4, -0.2) is 12.5 Å². The number of alkyl halides is 3. The van der Waals surface area contributed by atoms with E-state index >= 15 is 0 Å². The van der Waals surface area contributed by atoms with Crippen molar-refractivity contribution >= 4 is 21.8 Å². The number of rotatable bonds is 3. The van der Waals surface area contributed by atoms with Crippen LogP contribution < -0.4 is 5.32 Å². The number of carbonyl (C=O) groups excluding carboxylic acids is 1. The number of nitrogens with one attached hydrogen (secondary N) is 1. The van der Waals surface area contributed by atoms with Crippen molar-refractivity contribution in [3.8, 4) is 0 Å². The molecule has 0 radical (unpaired) electrons. The second-order valence-corrected chi connectivity index (χ2v) is 5.79. The molecule has 0 aliphatic heterocycles. The number of amides is 1. The molecule has 1 saturated carbocycles. The minimum Gasteiger partial charge on any atom is -0.352 e. The zero-order chi connectivity index (χ0) is 14.2. The van der Waals surface area contributed by atoms with Gasteiger partial charge in [-0.05, 0) is 36.5 Å². The molecule has 1 N–H and O–H groups in total. The predicted molar refractivity (Wildman–Crippen MR) is 68.7 cm³/mol. The largest absolute Gasteiger partial charge is 0.417 e. The Morgan fingerprint density at radius 1 is 1.47 bits per heavy atom. The maximum atomic E-state index is 12.9. The highest BCUT2D eigenvalue weighted by molar-refractivity contribution is 9.10. The summed E-state index contributed by atoms with van der Waals surface area (Å²) in [5.41, 5.74) is -1.24. The Morgan fingerprint density at radius 3 is 2.63 bits per heavy atom. The lowest BCUT2D eigenvalue weighted by Gasteiger charge is -2.13. The number of hydrogen-bond acceptors (Lipinski definition) is 1. The van der Waals surface area contributed by atoms with E-state index in [1.807, 2.05) is 0 Å². The van der Waals surface area contributed by atoms with Crippen LogP contribution in [0.15, 0.2) is 22.7 Å². The predicted octanol–water partition coefficient (Wildman–Crippen LogP) is 3.85. The van der Waals surface area contributed by atoms with Crippen molar-refractivity contribution in [2.75, 3.05) is 6.54 Å². The molecule has 1 aromatic carbocycles. The van der Waals surface area contributed by atoms with Crippen molar-refractivity contribution in [2.24, 2.45) is 11.8 Å². The van der Waals surface area contributed by atoms with Gasteiger partial charge in [-0.2, -0.15) is 13.2 Å². The summed E-state index contributed by atoms with van der Waals surface area (Å²) in [6.45, 7) is 2.49. The van der Waals surface area contributed by atoms with Crippen LogP contribution in [0.25, 0.3) is 0 Å². The van der Waals surface area contributed by atoms with Crippen LogP contribution in [0.3, 0.4) is 0 Å². The summed E-state index contributed by atoms with van der Waals surface area (Å²) in [4.78, 5) is 11.8. The van der Waals surface area contributed by atoms with Gasteiger partial charge < -0.3 is 5.32 Å². The average Bonchev–Trinajstić information content (AvgIpc) is 3.01. The van der Waals surface area contributed by atoms with Crippen LogP contribution in [0.5, 0.6) is 0 Å². The van der Waals surface area contributed by atoms with Gasteiger partial charge in [-0.25, -0.2) is 0 Å². The minimum absolute atomic E-state index is 0.298. The fraction of sp³-hybridized carbons (Fsp3) is 0.462. The number of carbonyl (C=O) groups is 1. The van der Waals surface area contributed by atoms with Crippen molar-refractivity contribution < 1.29 is 18.0 Å². The zero-order valence-corrected chi connectivity index (χ0v) is 11.8. The fourth-order valence-electron chi connectivity index (χ4n) is 1.95. The first-order valence-electron chi connectivity index (χ1n) is 5.94. The first-order chi connectivity index (χ1) is 8.79. The second-order valence-electron chi connectivity index (χ2n) is 4.87. The van der Waals surface area contributed by atoms with E-state index in [0.29, 0.717) is 22.9 Å². The van der Waals surface area contributed by atoms with E-state index in [0.717, 1.165) is 12.5 Å². The van der Waals surface area contributed by atoms with E-state index in [1.165, 1.54) is 12.1 Å². The molecule has 0 heterocycles. The third-order valence-corrected chi connectivity index (χ3v) is 3.83. The second kappa shape index (κ2) is 5.15. The van der Waals surface area contributed by atoms with Crippen molar-refractivity contribution in [1.82, 2.24) is 5.32 Å². The summed E-state index contributed by atoms with van der Waals surface area (Å²) in [5, 5.41) is 2.57. The summed E-state index contributed by atoms with van der Waals surface area (Å²) in [6, 6.07) is 3.55. The topological polar surface area (TPSA) is 29.1 Å². The van der Waals surface area contributed by atoms with E-state index in [4.69, 9.17) is 0 Å². The lowest BCUT2D eigenvalue weighted by molar-refractivity contribution is -0.138.